The fourth-order valence-corrected chi connectivity index (χ4v) is 2.73. The number of piperidine rings is 1. The standard InChI is InChI=1S/C14H20ClFN2/c1-18(9-11-5-7-17-8-6-11)10-12-3-2-4-13(15)14(12)16/h2-4,11,17H,5-10H2,1H3. The van der Waals surface area contributed by atoms with Gasteiger partial charge in [-0.25, -0.2) is 4.39 Å². The van der Waals surface area contributed by atoms with E-state index in [4.69, 9.17) is 11.6 Å². The average Bonchev–Trinajstić information content (AvgIpc) is 2.36. The maximum absolute atomic E-state index is 13.8. The lowest BCUT2D eigenvalue weighted by Crippen LogP contribution is -2.34. The van der Waals surface area contributed by atoms with Gasteiger partial charge in [-0.05, 0) is 45.0 Å². The molecule has 18 heavy (non-hydrogen) atoms. The van der Waals surface area contributed by atoms with Gasteiger partial charge < -0.3 is 10.2 Å². The summed E-state index contributed by atoms with van der Waals surface area (Å²) >= 11 is 5.79. The van der Waals surface area contributed by atoms with E-state index in [0.717, 1.165) is 25.6 Å². The zero-order valence-electron chi connectivity index (χ0n) is 10.8. The van der Waals surface area contributed by atoms with Gasteiger partial charge in [-0.1, -0.05) is 23.7 Å². The summed E-state index contributed by atoms with van der Waals surface area (Å²) in [5, 5.41) is 3.57. The normalized spacial score (nSPS) is 17.3. The molecule has 2 nitrogen and oxygen atoms in total. The second-order valence-electron chi connectivity index (χ2n) is 5.10. The molecule has 100 valence electrons. The first-order chi connectivity index (χ1) is 8.66. The molecule has 0 amide bonds. The first kappa shape index (κ1) is 13.8. The third-order valence-electron chi connectivity index (χ3n) is 3.50. The summed E-state index contributed by atoms with van der Waals surface area (Å²) in [5.41, 5.74) is 0.680. The molecule has 1 aliphatic heterocycles. The Bertz CT molecular complexity index is 391. The van der Waals surface area contributed by atoms with Gasteiger partial charge in [-0.2, -0.15) is 0 Å². The predicted octanol–water partition coefficient (Wildman–Crippen LogP) is 2.91. The minimum atomic E-state index is -0.281. The third kappa shape index (κ3) is 3.67. The summed E-state index contributed by atoms with van der Waals surface area (Å²) in [5.74, 6) is 0.440. The molecule has 0 spiro atoms. The summed E-state index contributed by atoms with van der Waals surface area (Å²) < 4.78 is 13.8. The van der Waals surface area contributed by atoms with Gasteiger partial charge in [0.25, 0.3) is 0 Å². The number of nitrogens with zero attached hydrogens (tertiary/aromatic N) is 1. The molecule has 1 aromatic rings. The van der Waals surface area contributed by atoms with Crippen LogP contribution >= 0.6 is 11.6 Å². The van der Waals surface area contributed by atoms with Crippen LogP contribution in [0.1, 0.15) is 18.4 Å². The molecule has 0 saturated carbocycles. The number of hydrogen-bond acceptors (Lipinski definition) is 2. The number of halogens is 2. The largest absolute Gasteiger partial charge is 0.317 e. The second kappa shape index (κ2) is 6.50. The number of nitrogens with one attached hydrogen (secondary N) is 1. The fourth-order valence-electron chi connectivity index (χ4n) is 2.53. The van der Waals surface area contributed by atoms with Crippen molar-refractivity contribution in [3.63, 3.8) is 0 Å². The Labute approximate surface area is 113 Å². The molecule has 0 radical (unpaired) electrons. The molecular formula is C14H20ClFN2. The molecule has 1 fully saturated rings. The van der Waals surface area contributed by atoms with E-state index in [1.807, 2.05) is 7.05 Å². The molecule has 0 atom stereocenters. The summed E-state index contributed by atoms with van der Waals surface area (Å²) in [4.78, 5) is 2.19. The molecular weight excluding hydrogens is 251 g/mol. The molecule has 1 aromatic carbocycles. The smallest absolute Gasteiger partial charge is 0.146 e. The lowest BCUT2D eigenvalue weighted by atomic mass is 9.97. The molecule has 1 heterocycles. The maximum Gasteiger partial charge on any atom is 0.146 e. The molecule has 1 N–H and O–H groups in total. The Balaban J connectivity index is 1.90. The average molecular weight is 271 g/mol. The quantitative estimate of drug-likeness (QED) is 0.905. The molecule has 0 aliphatic carbocycles. The Morgan fingerprint density at radius 3 is 2.83 bits per heavy atom. The highest BCUT2D eigenvalue weighted by Gasteiger charge is 2.16. The van der Waals surface area contributed by atoms with Crippen LogP contribution in [0, 0.1) is 11.7 Å². The van der Waals surface area contributed by atoms with Crippen molar-refractivity contribution in [1.29, 1.82) is 0 Å². The Hall–Kier alpha value is -0.640. The first-order valence-corrected chi connectivity index (χ1v) is 6.87. The summed E-state index contributed by atoms with van der Waals surface area (Å²) in [6.07, 6.45) is 2.42. The Morgan fingerprint density at radius 2 is 2.11 bits per heavy atom. The topological polar surface area (TPSA) is 15.3 Å². The number of benzene rings is 1. The fraction of sp³-hybridized carbons (Fsp3) is 0.571. The van der Waals surface area contributed by atoms with Crippen molar-refractivity contribution in [1.82, 2.24) is 10.2 Å². The van der Waals surface area contributed by atoms with E-state index >= 15 is 0 Å². The molecule has 0 aromatic heterocycles. The van der Waals surface area contributed by atoms with Crippen LogP contribution in [-0.2, 0) is 6.54 Å². The third-order valence-corrected chi connectivity index (χ3v) is 3.79. The van der Waals surface area contributed by atoms with Gasteiger partial charge in [0.05, 0.1) is 5.02 Å². The van der Waals surface area contributed by atoms with E-state index in [1.165, 1.54) is 12.8 Å². The van der Waals surface area contributed by atoms with Crippen molar-refractivity contribution < 1.29 is 4.39 Å². The van der Waals surface area contributed by atoms with Crippen molar-refractivity contribution in [2.75, 3.05) is 26.7 Å². The molecule has 4 heteroatoms. The number of hydrogen-bond donors (Lipinski definition) is 1. The highest BCUT2D eigenvalue weighted by Crippen LogP contribution is 2.20. The van der Waals surface area contributed by atoms with E-state index in [2.05, 4.69) is 10.2 Å². The van der Waals surface area contributed by atoms with Crippen LogP contribution in [0.3, 0.4) is 0 Å². The number of rotatable bonds is 4. The molecule has 1 saturated heterocycles. The van der Waals surface area contributed by atoms with Crippen LogP contribution in [0.4, 0.5) is 4.39 Å². The minimum absolute atomic E-state index is 0.211. The summed E-state index contributed by atoms with van der Waals surface area (Å²) in [6.45, 7) is 3.85. The van der Waals surface area contributed by atoms with E-state index < -0.39 is 0 Å². The maximum atomic E-state index is 13.8. The van der Waals surface area contributed by atoms with Gasteiger partial charge in [0, 0.05) is 18.7 Å². The van der Waals surface area contributed by atoms with Crippen molar-refractivity contribution in [2.24, 2.45) is 5.92 Å². The van der Waals surface area contributed by atoms with E-state index in [0.29, 0.717) is 12.1 Å². The predicted molar refractivity (Wildman–Crippen MR) is 73.3 cm³/mol. The highest BCUT2D eigenvalue weighted by atomic mass is 35.5. The van der Waals surface area contributed by atoms with Crippen molar-refractivity contribution in [3.05, 3.63) is 34.6 Å². The van der Waals surface area contributed by atoms with Gasteiger partial charge in [-0.3, -0.25) is 0 Å². The van der Waals surface area contributed by atoms with Crippen molar-refractivity contribution >= 4 is 11.6 Å². The van der Waals surface area contributed by atoms with Crippen LogP contribution in [0.2, 0.25) is 5.02 Å². The highest BCUT2D eigenvalue weighted by molar-refractivity contribution is 6.30. The van der Waals surface area contributed by atoms with Crippen molar-refractivity contribution in [3.8, 4) is 0 Å². The molecule has 2 rings (SSSR count). The molecule has 0 bridgehead atoms. The summed E-state index contributed by atoms with van der Waals surface area (Å²) in [7, 11) is 2.04. The second-order valence-corrected chi connectivity index (χ2v) is 5.51. The van der Waals surface area contributed by atoms with Gasteiger partial charge in [0.15, 0.2) is 0 Å². The molecule has 0 unspecified atom stereocenters. The SMILES string of the molecule is CN(Cc1cccc(Cl)c1F)CC1CCNCC1. The molecule has 1 aliphatic rings. The van der Waals surface area contributed by atoms with Crippen LogP contribution in [0.5, 0.6) is 0 Å². The van der Waals surface area contributed by atoms with E-state index in [9.17, 15) is 4.39 Å². The van der Waals surface area contributed by atoms with Crippen LogP contribution in [0.25, 0.3) is 0 Å². The zero-order valence-corrected chi connectivity index (χ0v) is 11.5. The Morgan fingerprint density at radius 1 is 1.39 bits per heavy atom. The van der Waals surface area contributed by atoms with E-state index in [1.54, 1.807) is 18.2 Å². The lowest BCUT2D eigenvalue weighted by Gasteiger charge is -2.27. The lowest BCUT2D eigenvalue weighted by molar-refractivity contribution is 0.232. The first-order valence-electron chi connectivity index (χ1n) is 6.49. The van der Waals surface area contributed by atoms with Gasteiger partial charge >= 0.3 is 0 Å². The van der Waals surface area contributed by atoms with Crippen LogP contribution in [-0.4, -0.2) is 31.6 Å². The van der Waals surface area contributed by atoms with Crippen LogP contribution in [0.15, 0.2) is 18.2 Å². The van der Waals surface area contributed by atoms with Gasteiger partial charge in [0.2, 0.25) is 0 Å². The zero-order chi connectivity index (χ0) is 13.0. The summed E-state index contributed by atoms with van der Waals surface area (Å²) in [6, 6.07) is 5.20. The van der Waals surface area contributed by atoms with Crippen molar-refractivity contribution in [2.45, 2.75) is 19.4 Å². The monoisotopic (exact) mass is 270 g/mol. The Kier molecular flexibility index (Phi) is 4.98. The van der Waals surface area contributed by atoms with Gasteiger partial charge in [0.1, 0.15) is 5.82 Å². The minimum Gasteiger partial charge on any atom is -0.317 e. The van der Waals surface area contributed by atoms with Crippen LogP contribution < -0.4 is 5.32 Å². The van der Waals surface area contributed by atoms with Gasteiger partial charge in [-0.15, -0.1) is 0 Å². The van der Waals surface area contributed by atoms with E-state index in [-0.39, 0.29) is 10.8 Å².